The minimum absolute atomic E-state index is 0.0480. The van der Waals surface area contributed by atoms with Gasteiger partial charge in [0.2, 0.25) is 5.91 Å². The zero-order valence-electron chi connectivity index (χ0n) is 24.3. The topological polar surface area (TPSA) is 143 Å². The first-order valence-corrected chi connectivity index (χ1v) is 17.7. The molecule has 6 N–H and O–H groups in total. The van der Waals surface area contributed by atoms with Gasteiger partial charge >= 0.3 is 6.09 Å². The van der Waals surface area contributed by atoms with Crippen LogP contribution in [0.15, 0.2) is 24.3 Å². The lowest BCUT2D eigenvalue weighted by molar-refractivity contribution is -0.125. The first kappa shape index (κ1) is 31.8. The first-order chi connectivity index (χ1) is 20.2. The van der Waals surface area contributed by atoms with Gasteiger partial charge in [0.15, 0.2) is 0 Å². The van der Waals surface area contributed by atoms with Crippen molar-refractivity contribution in [2.45, 2.75) is 94.3 Å². The van der Waals surface area contributed by atoms with Gasteiger partial charge in [0.25, 0.3) is 0 Å². The zero-order chi connectivity index (χ0) is 29.7. The minimum Gasteiger partial charge on any atom is -0.465 e. The van der Waals surface area contributed by atoms with Crippen molar-refractivity contribution >= 4 is 34.4 Å². The lowest BCUT2D eigenvalue weighted by Crippen LogP contribution is -2.56. The number of rotatable bonds is 9. The molecule has 0 radical (unpaired) electrons. The Bertz CT molecular complexity index is 1060. The molecule has 12 heteroatoms. The quantitative estimate of drug-likeness (QED) is 0.224. The van der Waals surface area contributed by atoms with Crippen molar-refractivity contribution in [3.8, 4) is 0 Å². The summed E-state index contributed by atoms with van der Waals surface area (Å²) in [5.41, 5.74) is 0.889. The molecule has 4 aliphatic rings. The molecule has 3 heterocycles. The summed E-state index contributed by atoms with van der Waals surface area (Å²) in [6.45, 7) is 2.57. The molecule has 7 atom stereocenters. The number of halogens is 1. The molecule has 42 heavy (non-hydrogen) atoms. The zero-order valence-corrected chi connectivity index (χ0v) is 25.8. The number of ether oxygens (including phenoxy) is 1. The van der Waals surface area contributed by atoms with Crippen molar-refractivity contribution in [3.05, 3.63) is 34.9 Å². The number of amides is 2. The molecule has 3 saturated heterocycles. The average molecular weight is 627 g/mol. The molecule has 5 rings (SSSR count). The molecule has 0 spiro atoms. The predicted octanol–water partition coefficient (Wildman–Crippen LogP) is 5.04. The molecule has 3 aliphatic heterocycles. The van der Waals surface area contributed by atoms with Gasteiger partial charge in [0, 0.05) is 55.4 Å². The van der Waals surface area contributed by atoms with Gasteiger partial charge in [-0.1, -0.05) is 36.6 Å². The molecule has 2 bridgehead atoms. The number of nitrogens with one attached hydrogen (secondary N) is 3. The third-order valence-corrected chi connectivity index (χ3v) is 12.1. The van der Waals surface area contributed by atoms with Gasteiger partial charge in [-0.05, 0) is 80.9 Å². The lowest BCUT2D eigenvalue weighted by Gasteiger charge is -2.49. The normalized spacial score (nSPS) is 32.1. The summed E-state index contributed by atoms with van der Waals surface area (Å²) in [6.07, 6.45) is 7.68. The highest BCUT2D eigenvalue weighted by atomic mass is 35.5. The van der Waals surface area contributed by atoms with Crippen LogP contribution in [0.25, 0.3) is 0 Å². The van der Waals surface area contributed by atoms with E-state index < -0.39 is 22.9 Å². The number of piperazine rings is 1. The maximum Gasteiger partial charge on any atom is 0.405 e. The molecule has 1 aliphatic carbocycles. The van der Waals surface area contributed by atoms with Crippen molar-refractivity contribution in [2.75, 3.05) is 32.1 Å². The highest BCUT2D eigenvalue weighted by Gasteiger charge is 2.41. The van der Waals surface area contributed by atoms with E-state index in [0.29, 0.717) is 36.6 Å². The number of carbonyl (C=O) groups is 2. The van der Waals surface area contributed by atoms with Crippen LogP contribution >= 0.6 is 22.4 Å². The largest absolute Gasteiger partial charge is 0.465 e. The average Bonchev–Trinajstić information content (AvgIpc) is 3.09. The van der Waals surface area contributed by atoms with Crippen LogP contribution < -0.4 is 16.0 Å². The standard InChI is InChI=1S/C30H47ClN4O6S/c31-23-10-7-21(8-11-23)27(22-13-15-41-16-14-22)28(34-30(37)38)29(36)33-26-6-2-1-4-20(26)9-12-25-18-32-24-5-3-17-42(39,40)35(25)19-24/h7-8,10-11,20,22,24-28,32,34,39-40H,1-6,9,12-19H2,(H,33,36)(H,37,38)/t20-,24-,25+,26+,27+,28+/m1/s1. The van der Waals surface area contributed by atoms with E-state index in [4.69, 9.17) is 16.3 Å². The van der Waals surface area contributed by atoms with E-state index in [9.17, 15) is 23.8 Å². The fraction of sp³-hybridized carbons (Fsp3) is 0.733. The highest BCUT2D eigenvalue weighted by molar-refractivity contribution is 8.22. The number of carbonyl (C=O) groups excluding carboxylic acids is 1. The van der Waals surface area contributed by atoms with E-state index in [2.05, 4.69) is 16.0 Å². The second kappa shape index (κ2) is 14.5. The van der Waals surface area contributed by atoms with Crippen molar-refractivity contribution in [1.82, 2.24) is 20.3 Å². The maximum absolute atomic E-state index is 14.0. The second-order valence-electron chi connectivity index (χ2n) is 12.5. The molecule has 1 saturated carbocycles. The minimum atomic E-state index is -2.76. The highest BCUT2D eigenvalue weighted by Crippen LogP contribution is 2.49. The molecule has 1 unspecified atom stereocenters. The van der Waals surface area contributed by atoms with Gasteiger partial charge in [-0.15, -0.1) is 10.8 Å². The third-order valence-electron chi connectivity index (χ3n) is 9.85. The van der Waals surface area contributed by atoms with E-state index in [1.54, 1.807) is 12.1 Å². The fourth-order valence-corrected chi connectivity index (χ4v) is 9.63. The van der Waals surface area contributed by atoms with Crippen LogP contribution in [0.5, 0.6) is 0 Å². The summed E-state index contributed by atoms with van der Waals surface area (Å²) in [5, 5.41) is 19.9. The van der Waals surface area contributed by atoms with Gasteiger partial charge in [-0.2, -0.15) is 0 Å². The number of fused-ring (bicyclic) bond motifs is 2. The summed E-state index contributed by atoms with van der Waals surface area (Å²) in [4.78, 5) is 26.0. The number of hydrogen-bond acceptors (Lipinski definition) is 7. The summed E-state index contributed by atoms with van der Waals surface area (Å²) >= 11 is 6.17. The fourth-order valence-electron chi connectivity index (χ4n) is 7.64. The number of nitrogens with zero attached hydrogens (tertiary/aromatic N) is 1. The van der Waals surface area contributed by atoms with Crippen molar-refractivity contribution in [3.63, 3.8) is 0 Å². The lowest BCUT2D eigenvalue weighted by atomic mass is 9.76. The van der Waals surface area contributed by atoms with E-state index in [1.807, 2.05) is 16.4 Å². The Balaban J connectivity index is 1.30. The van der Waals surface area contributed by atoms with Gasteiger partial charge in [0.05, 0.1) is 5.75 Å². The Morgan fingerprint density at radius 1 is 1.05 bits per heavy atom. The maximum atomic E-state index is 14.0. The second-order valence-corrected chi connectivity index (χ2v) is 15.1. The molecular weight excluding hydrogens is 580 g/mol. The van der Waals surface area contributed by atoms with E-state index in [1.165, 1.54) is 0 Å². The number of carboxylic acid groups (broad SMARTS) is 1. The third kappa shape index (κ3) is 7.91. The van der Waals surface area contributed by atoms with Crippen molar-refractivity contribution in [1.29, 1.82) is 0 Å². The molecule has 1 aromatic rings. The first-order valence-electron chi connectivity index (χ1n) is 15.6. The number of hydrogen-bond donors (Lipinski definition) is 6. The van der Waals surface area contributed by atoms with Gasteiger partial charge in [0.1, 0.15) is 6.04 Å². The van der Waals surface area contributed by atoms with E-state index in [0.717, 1.165) is 76.3 Å². The molecule has 1 aromatic carbocycles. The Kier molecular flexibility index (Phi) is 10.9. The Morgan fingerprint density at radius 3 is 2.52 bits per heavy atom. The SMILES string of the molecule is O=C(O)N[C@H](C(=O)N[C@H]1CCCC[C@@H]1CC[C@H]1CN[C@@H]2CCCS(O)(O)N1C2)[C@@H](c1ccc(Cl)cc1)C1CCOCC1. The summed E-state index contributed by atoms with van der Waals surface area (Å²) in [6, 6.07) is 6.72. The monoisotopic (exact) mass is 626 g/mol. The van der Waals surface area contributed by atoms with Crippen LogP contribution in [0.1, 0.15) is 75.7 Å². The summed E-state index contributed by atoms with van der Waals surface area (Å²) in [5.74, 6) is 0.129. The van der Waals surface area contributed by atoms with Crippen LogP contribution in [0.3, 0.4) is 0 Å². The van der Waals surface area contributed by atoms with Crippen LogP contribution in [0.2, 0.25) is 5.02 Å². The molecule has 236 valence electrons. The predicted molar refractivity (Wildman–Crippen MR) is 165 cm³/mol. The number of benzene rings is 1. The van der Waals surface area contributed by atoms with Crippen molar-refractivity contribution in [2.24, 2.45) is 11.8 Å². The Labute approximate surface area is 255 Å². The van der Waals surface area contributed by atoms with E-state index >= 15 is 0 Å². The van der Waals surface area contributed by atoms with Gasteiger partial charge in [-0.25, -0.2) is 9.10 Å². The molecule has 10 nitrogen and oxygen atoms in total. The molecular formula is C30H47ClN4O6S. The molecule has 4 fully saturated rings. The van der Waals surface area contributed by atoms with Gasteiger partial charge in [-0.3, -0.25) is 13.9 Å². The Hall–Kier alpha value is -1.60. The van der Waals surface area contributed by atoms with Crippen molar-refractivity contribution < 1.29 is 28.5 Å². The van der Waals surface area contributed by atoms with Crippen LogP contribution in [0, 0.1) is 11.8 Å². The molecule has 2 amide bonds. The van der Waals surface area contributed by atoms with Gasteiger partial charge < -0.3 is 25.8 Å². The van der Waals surface area contributed by atoms with Crippen LogP contribution in [-0.2, 0) is 9.53 Å². The van der Waals surface area contributed by atoms with E-state index in [-0.39, 0.29) is 35.7 Å². The summed E-state index contributed by atoms with van der Waals surface area (Å²) in [7, 11) is -2.76. The van der Waals surface area contributed by atoms with Crippen LogP contribution in [0.4, 0.5) is 4.79 Å². The summed E-state index contributed by atoms with van der Waals surface area (Å²) < 4.78 is 29.3. The van der Waals surface area contributed by atoms with Crippen LogP contribution in [-0.4, -0.2) is 86.7 Å². The smallest absolute Gasteiger partial charge is 0.405 e. The molecule has 0 aromatic heterocycles. The Morgan fingerprint density at radius 2 is 1.79 bits per heavy atom.